The van der Waals surface area contributed by atoms with E-state index < -0.39 is 0 Å². The summed E-state index contributed by atoms with van der Waals surface area (Å²) >= 11 is 11.9. The van der Waals surface area contributed by atoms with Gasteiger partial charge in [0.05, 0.1) is 27.8 Å². The van der Waals surface area contributed by atoms with Crippen LogP contribution in [0.4, 0.5) is 0 Å². The van der Waals surface area contributed by atoms with E-state index in [2.05, 4.69) is 0 Å². The average molecular weight is 349 g/mol. The lowest BCUT2D eigenvalue weighted by molar-refractivity contribution is 0.0559. The van der Waals surface area contributed by atoms with E-state index in [9.17, 15) is 9.59 Å². The van der Waals surface area contributed by atoms with Gasteiger partial charge in [0.15, 0.2) is 0 Å². The van der Waals surface area contributed by atoms with Crippen molar-refractivity contribution in [3.8, 4) is 0 Å². The number of nitrogens with zero attached hydrogens (tertiary/aromatic N) is 2. The first kappa shape index (κ1) is 16.0. The molecule has 0 N–H and O–H groups in total. The summed E-state index contributed by atoms with van der Waals surface area (Å²) in [4.78, 5) is 28.0. The van der Waals surface area contributed by atoms with E-state index in [0.717, 1.165) is 5.56 Å². The number of hydrogen-bond donors (Lipinski definition) is 0. The highest BCUT2D eigenvalue weighted by atomic mass is 35.5. The largest absolute Gasteiger partial charge is 0.284 e. The number of carbonyl (C=O) groups excluding carboxylic acids is 2. The van der Waals surface area contributed by atoms with Gasteiger partial charge in [-0.15, -0.1) is 0 Å². The number of imide groups is 1. The minimum atomic E-state index is -0.344. The number of amides is 2. The van der Waals surface area contributed by atoms with Crippen LogP contribution in [0.1, 0.15) is 26.3 Å². The van der Waals surface area contributed by atoms with Crippen molar-refractivity contribution in [2.45, 2.75) is 6.54 Å². The summed E-state index contributed by atoms with van der Waals surface area (Å²) in [5.41, 5.74) is 1.72. The van der Waals surface area contributed by atoms with Gasteiger partial charge in [-0.1, -0.05) is 53.5 Å². The summed E-state index contributed by atoms with van der Waals surface area (Å²) in [5, 5.41) is 0.539. The average Bonchev–Trinajstić information content (AvgIpc) is 2.74. The maximum Gasteiger partial charge on any atom is 0.262 e. The van der Waals surface area contributed by atoms with Crippen LogP contribution >= 0.6 is 23.2 Å². The minimum absolute atomic E-state index is 0.205. The predicted octanol–water partition coefficient (Wildman–Crippen LogP) is 3.68. The van der Waals surface area contributed by atoms with Crippen LogP contribution < -0.4 is 0 Å². The lowest BCUT2D eigenvalue weighted by Crippen LogP contribution is -2.39. The molecule has 2 amide bonds. The molecule has 0 fully saturated rings. The van der Waals surface area contributed by atoms with Gasteiger partial charge in [-0.25, -0.2) is 0 Å². The van der Waals surface area contributed by atoms with Gasteiger partial charge >= 0.3 is 0 Å². The Hall–Kier alpha value is -1.88. The van der Waals surface area contributed by atoms with Gasteiger partial charge in [-0.3, -0.25) is 19.4 Å². The molecule has 0 aliphatic carbocycles. The van der Waals surface area contributed by atoms with Gasteiger partial charge < -0.3 is 0 Å². The fourth-order valence-electron chi connectivity index (χ4n) is 2.60. The van der Waals surface area contributed by atoms with Gasteiger partial charge in [0.25, 0.3) is 11.8 Å². The first-order chi connectivity index (χ1) is 11.0. The Balaban J connectivity index is 1.77. The van der Waals surface area contributed by atoms with E-state index >= 15 is 0 Å². The highest BCUT2D eigenvalue weighted by molar-refractivity contribution is 6.43. The predicted molar refractivity (Wildman–Crippen MR) is 89.7 cm³/mol. The Morgan fingerprint density at radius 2 is 1.48 bits per heavy atom. The van der Waals surface area contributed by atoms with Crippen molar-refractivity contribution in [2.75, 3.05) is 13.7 Å². The second-order valence-corrected chi connectivity index (χ2v) is 6.31. The minimum Gasteiger partial charge on any atom is -0.284 e. The molecule has 0 unspecified atom stereocenters. The van der Waals surface area contributed by atoms with E-state index in [-0.39, 0.29) is 28.5 Å². The van der Waals surface area contributed by atoms with E-state index in [0.29, 0.717) is 17.7 Å². The lowest BCUT2D eigenvalue weighted by Gasteiger charge is -2.22. The maximum absolute atomic E-state index is 12.4. The van der Waals surface area contributed by atoms with Crippen molar-refractivity contribution in [1.29, 1.82) is 0 Å². The SMILES string of the molecule is CN(Cc1ccccc1)CN1C(=O)c2cc(Cl)c(Cl)cc2C1=O. The molecule has 1 aliphatic rings. The number of carbonyl (C=O) groups is 2. The van der Waals surface area contributed by atoms with Gasteiger partial charge in [0.2, 0.25) is 0 Å². The molecule has 2 aromatic carbocycles. The van der Waals surface area contributed by atoms with Crippen LogP contribution in [0.25, 0.3) is 0 Å². The number of fused-ring (bicyclic) bond motifs is 1. The van der Waals surface area contributed by atoms with Crippen molar-refractivity contribution in [2.24, 2.45) is 0 Å². The molecule has 0 saturated carbocycles. The number of halogens is 2. The Labute approximate surface area is 144 Å². The number of benzene rings is 2. The van der Waals surface area contributed by atoms with Gasteiger partial charge in [-0.2, -0.15) is 0 Å². The van der Waals surface area contributed by atoms with Crippen LogP contribution in [0.3, 0.4) is 0 Å². The molecule has 0 atom stereocenters. The Kier molecular flexibility index (Phi) is 4.39. The summed E-state index contributed by atoms with van der Waals surface area (Å²) in [6, 6.07) is 12.8. The molecule has 0 bridgehead atoms. The van der Waals surface area contributed by atoms with Crippen LogP contribution in [-0.4, -0.2) is 35.3 Å². The van der Waals surface area contributed by atoms with Crippen LogP contribution in [0, 0.1) is 0 Å². The van der Waals surface area contributed by atoms with Gasteiger partial charge in [-0.05, 0) is 24.7 Å². The molecule has 0 saturated heterocycles. The first-order valence-corrected chi connectivity index (χ1v) is 7.80. The standard InChI is InChI=1S/C17H14Cl2N2O2/c1-20(9-11-5-3-2-4-6-11)10-21-16(22)12-7-14(18)15(19)8-13(12)17(21)23/h2-8H,9-10H2,1H3. The van der Waals surface area contributed by atoms with Crippen LogP contribution in [-0.2, 0) is 6.54 Å². The van der Waals surface area contributed by atoms with Gasteiger partial charge in [0, 0.05) is 6.54 Å². The molecule has 1 aliphatic heterocycles. The molecule has 2 aromatic rings. The zero-order valence-corrected chi connectivity index (χ0v) is 13.9. The number of rotatable bonds is 4. The maximum atomic E-state index is 12.4. The van der Waals surface area contributed by atoms with Crippen molar-refractivity contribution >= 4 is 35.0 Å². The Bertz CT molecular complexity index is 737. The van der Waals surface area contributed by atoms with E-state index in [1.165, 1.54) is 17.0 Å². The van der Waals surface area contributed by atoms with E-state index in [1.807, 2.05) is 42.3 Å². The van der Waals surface area contributed by atoms with Crippen molar-refractivity contribution in [3.05, 3.63) is 69.2 Å². The second kappa shape index (κ2) is 6.32. The lowest BCUT2D eigenvalue weighted by atomic mass is 10.1. The van der Waals surface area contributed by atoms with Crippen molar-refractivity contribution in [1.82, 2.24) is 9.80 Å². The molecular weight excluding hydrogens is 335 g/mol. The molecule has 118 valence electrons. The number of hydrogen-bond acceptors (Lipinski definition) is 3. The first-order valence-electron chi connectivity index (χ1n) is 7.05. The van der Waals surface area contributed by atoms with Crippen LogP contribution in [0.5, 0.6) is 0 Å². The highest BCUT2D eigenvalue weighted by Gasteiger charge is 2.36. The molecule has 23 heavy (non-hydrogen) atoms. The normalized spacial score (nSPS) is 13.8. The topological polar surface area (TPSA) is 40.6 Å². The van der Waals surface area contributed by atoms with Crippen LogP contribution in [0.15, 0.2) is 42.5 Å². The molecule has 4 nitrogen and oxygen atoms in total. The molecule has 0 spiro atoms. The molecule has 3 rings (SSSR count). The molecule has 0 aromatic heterocycles. The summed E-state index contributed by atoms with van der Waals surface area (Å²) in [7, 11) is 1.86. The summed E-state index contributed by atoms with van der Waals surface area (Å²) < 4.78 is 0. The van der Waals surface area contributed by atoms with E-state index in [1.54, 1.807) is 0 Å². The third kappa shape index (κ3) is 3.11. The molecule has 0 radical (unpaired) electrons. The third-order valence-corrected chi connectivity index (χ3v) is 4.41. The van der Waals surface area contributed by atoms with Crippen molar-refractivity contribution in [3.63, 3.8) is 0 Å². The second-order valence-electron chi connectivity index (χ2n) is 5.49. The zero-order valence-electron chi connectivity index (χ0n) is 12.4. The molecule has 1 heterocycles. The summed E-state index contributed by atoms with van der Waals surface area (Å²) in [5.74, 6) is -0.688. The smallest absolute Gasteiger partial charge is 0.262 e. The summed E-state index contributed by atoms with van der Waals surface area (Å²) in [6.45, 7) is 0.840. The van der Waals surface area contributed by atoms with Crippen LogP contribution in [0.2, 0.25) is 10.0 Å². The third-order valence-electron chi connectivity index (χ3n) is 3.69. The highest BCUT2D eigenvalue weighted by Crippen LogP contribution is 2.31. The monoisotopic (exact) mass is 348 g/mol. The zero-order chi connectivity index (χ0) is 16.6. The fraction of sp³-hybridized carbons (Fsp3) is 0.176. The summed E-state index contributed by atoms with van der Waals surface area (Å²) in [6.07, 6.45) is 0. The Morgan fingerprint density at radius 1 is 0.957 bits per heavy atom. The quantitative estimate of drug-likeness (QED) is 0.791. The van der Waals surface area contributed by atoms with E-state index in [4.69, 9.17) is 23.2 Å². The Morgan fingerprint density at radius 3 is 2.00 bits per heavy atom. The fourth-order valence-corrected chi connectivity index (χ4v) is 2.93. The molecular formula is C17H14Cl2N2O2. The van der Waals surface area contributed by atoms with Crippen molar-refractivity contribution < 1.29 is 9.59 Å². The van der Waals surface area contributed by atoms with Gasteiger partial charge in [0.1, 0.15) is 0 Å². The molecule has 6 heteroatoms.